The molecule has 0 fully saturated rings. The Morgan fingerprint density at radius 2 is 2.55 bits per heavy atom. The van der Waals surface area contributed by atoms with Gasteiger partial charge >= 0.3 is 0 Å². The summed E-state index contributed by atoms with van der Waals surface area (Å²) in [7, 11) is 1.77. The van der Waals surface area contributed by atoms with Gasteiger partial charge in [0, 0.05) is 6.20 Å². The van der Waals surface area contributed by atoms with Crippen LogP contribution in [-0.4, -0.2) is 23.9 Å². The molecule has 60 valence electrons. The lowest BCUT2D eigenvalue weighted by atomic mass is 10.2. The van der Waals surface area contributed by atoms with Crippen LogP contribution in [0.2, 0.25) is 0 Å². The van der Waals surface area contributed by atoms with Crippen molar-refractivity contribution in [2.24, 2.45) is 0 Å². The van der Waals surface area contributed by atoms with E-state index in [4.69, 9.17) is 0 Å². The van der Waals surface area contributed by atoms with Crippen molar-refractivity contribution in [1.82, 2.24) is 10.3 Å². The third kappa shape index (κ3) is 1.85. The van der Waals surface area contributed by atoms with Gasteiger partial charge in [-0.25, -0.2) is 0 Å². The maximum atomic E-state index is 11.3. The largest absolute Gasteiger partial charge is 0.310 e. The summed E-state index contributed by atoms with van der Waals surface area (Å²) in [5, 5.41) is 2.88. The van der Waals surface area contributed by atoms with Gasteiger partial charge < -0.3 is 5.32 Å². The average Bonchev–Trinajstić information content (AvgIpc) is 2.53. The number of carbonyl (C=O) groups excluding carboxylic acids is 1. The molecule has 11 heavy (non-hydrogen) atoms. The Hall–Kier alpha value is -0.740. The van der Waals surface area contributed by atoms with E-state index in [0.29, 0.717) is 4.88 Å². The highest BCUT2D eigenvalue weighted by molar-refractivity contribution is 7.11. The maximum Gasteiger partial charge on any atom is 0.190 e. The van der Waals surface area contributed by atoms with Gasteiger partial charge in [-0.3, -0.25) is 9.78 Å². The lowest BCUT2D eigenvalue weighted by Crippen LogP contribution is -2.30. The Labute approximate surface area is 69.5 Å². The zero-order valence-electron chi connectivity index (χ0n) is 6.50. The van der Waals surface area contributed by atoms with E-state index < -0.39 is 0 Å². The molecule has 0 amide bonds. The first-order valence-corrected chi connectivity index (χ1v) is 4.23. The highest BCUT2D eigenvalue weighted by atomic mass is 32.1. The second-order valence-electron chi connectivity index (χ2n) is 2.24. The van der Waals surface area contributed by atoms with Crippen LogP contribution in [0.15, 0.2) is 11.7 Å². The van der Waals surface area contributed by atoms with E-state index in [1.165, 1.54) is 11.3 Å². The highest BCUT2D eigenvalue weighted by Gasteiger charge is 2.13. The summed E-state index contributed by atoms with van der Waals surface area (Å²) in [6.07, 6.45) is 1.60. The standard InChI is InChI=1S/C7H10N2OS/c1-5(8-2)7(10)6-3-9-4-11-6/h3-5,8H,1-2H3. The molecule has 4 heteroatoms. The molecule has 0 bridgehead atoms. The zero-order chi connectivity index (χ0) is 8.27. The molecule has 1 heterocycles. The molecule has 1 atom stereocenters. The lowest BCUT2D eigenvalue weighted by molar-refractivity contribution is 0.0959. The van der Waals surface area contributed by atoms with Crippen LogP contribution in [0.3, 0.4) is 0 Å². The van der Waals surface area contributed by atoms with Crippen molar-refractivity contribution in [3.8, 4) is 0 Å². The third-order valence-electron chi connectivity index (χ3n) is 1.50. The fraction of sp³-hybridized carbons (Fsp3) is 0.429. The number of hydrogen-bond acceptors (Lipinski definition) is 4. The Morgan fingerprint density at radius 3 is 3.00 bits per heavy atom. The van der Waals surface area contributed by atoms with Crippen molar-refractivity contribution in [3.63, 3.8) is 0 Å². The Morgan fingerprint density at radius 1 is 1.82 bits per heavy atom. The fourth-order valence-electron chi connectivity index (χ4n) is 0.682. The molecular weight excluding hydrogens is 160 g/mol. The summed E-state index contributed by atoms with van der Waals surface area (Å²) in [5.74, 6) is 0.106. The quantitative estimate of drug-likeness (QED) is 0.686. The number of aromatic nitrogens is 1. The molecule has 0 aliphatic heterocycles. The SMILES string of the molecule is CNC(C)C(=O)c1cncs1. The van der Waals surface area contributed by atoms with Crippen molar-refractivity contribution >= 4 is 17.1 Å². The van der Waals surface area contributed by atoms with Gasteiger partial charge in [0.1, 0.15) is 0 Å². The molecular formula is C7H10N2OS. The second-order valence-corrected chi connectivity index (χ2v) is 3.13. The molecule has 0 saturated heterocycles. The predicted octanol–water partition coefficient (Wildman–Crippen LogP) is 0.934. The predicted molar refractivity (Wildman–Crippen MR) is 45.0 cm³/mol. The van der Waals surface area contributed by atoms with Gasteiger partial charge in [0.05, 0.1) is 16.4 Å². The Bertz CT molecular complexity index is 233. The molecule has 0 aliphatic rings. The van der Waals surface area contributed by atoms with Crippen molar-refractivity contribution in [2.45, 2.75) is 13.0 Å². The first kappa shape index (κ1) is 8.36. The number of Topliss-reactive ketones (excluding diaryl/α,β-unsaturated/α-hetero) is 1. The monoisotopic (exact) mass is 170 g/mol. The summed E-state index contributed by atoms with van der Waals surface area (Å²) in [5.41, 5.74) is 1.66. The minimum absolute atomic E-state index is 0.106. The topological polar surface area (TPSA) is 42.0 Å². The zero-order valence-corrected chi connectivity index (χ0v) is 7.31. The molecule has 1 N–H and O–H groups in total. The van der Waals surface area contributed by atoms with Crippen LogP contribution in [-0.2, 0) is 0 Å². The number of likely N-dealkylation sites (N-methyl/N-ethyl adjacent to an activating group) is 1. The van der Waals surface area contributed by atoms with E-state index in [9.17, 15) is 4.79 Å². The van der Waals surface area contributed by atoms with Gasteiger partial charge in [-0.15, -0.1) is 11.3 Å². The summed E-state index contributed by atoms with van der Waals surface area (Å²) in [4.78, 5) is 15.9. The van der Waals surface area contributed by atoms with E-state index in [0.717, 1.165) is 0 Å². The van der Waals surface area contributed by atoms with Gasteiger partial charge in [-0.05, 0) is 14.0 Å². The van der Waals surface area contributed by atoms with Crippen LogP contribution in [0, 0.1) is 0 Å². The summed E-state index contributed by atoms with van der Waals surface area (Å²) in [6, 6.07) is -0.115. The molecule has 1 rings (SSSR count). The third-order valence-corrected chi connectivity index (χ3v) is 2.29. The van der Waals surface area contributed by atoms with E-state index >= 15 is 0 Å². The number of nitrogens with one attached hydrogen (secondary N) is 1. The maximum absolute atomic E-state index is 11.3. The van der Waals surface area contributed by atoms with Crippen molar-refractivity contribution in [2.75, 3.05) is 7.05 Å². The summed E-state index contributed by atoms with van der Waals surface area (Å²) >= 11 is 1.37. The molecule has 0 saturated carbocycles. The molecule has 0 radical (unpaired) electrons. The van der Waals surface area contributed by atoms with E-state index in [-0.39, 0.29) is 11.8 Å². The number of ketones is 1. The fourth-order valence-corrected chi connectivity index (χ4v) is 1.33. The minimum atomic E-state index is -0.115. The lowest BCUT2D eigenvalue weighted by Gasteiger charge is -2.05. The van der Waals surface area contributed by atoms with Crippen LogP contribution in [0.4, 0.5) is 0 Å². The van der Waals surface area contributed by atoms with Gasteiger partial charge in [0.2, 0.25) is 0 Å². The number of rotatable bonds is 3. The first-order chi connectivity index (χ1) is 5.25. The van der Waals surface area contributed by atoms with Crippen LogP contribution in [0.25, 0.3) is 0 Å². The number of nitrogens with zero attached hydrogens (tertiary/aromatic N) is 1. The van der Waals surface area contributed by atoms with Crippen LogP contribution < -0.4 is 5.32 Å². The van der Waals surface area contributed by atoms with Crippen LogP contribution >= 0.6 is 11.3 Å². The van der Waals surface area contributed by atoms with Crippen molar-refractivity contribution < 1.29 is 4.79 Å². The minimum Gasteiger partial charge on any atom is -0.310 e. The van der Waals surface area contributed by atoms with Crippen molar-refractivity contribution in [1.29, 1.82) is 0 Å². The normalized spacial score (nSPS) is 12.9. The Kier molecular flexibility index (Phi) is 2.73. The number of thiazole rings is 1. The molecule has 0 spiro atoms. The van der Waals surface area contributed by atoms with E-state index in [2.05, 4.69) is 10.3 Å². The first-order valence-electron chi connectivity index (χ1n) is 3.35. The van der Waals surface area contributed by atoms with Crippen LogP contribution in [0.5, 0.6) is 0 Å². The average molecular weight is 170 g/mol. The van der Waals surface area contributed by atoms with Gasteiger partial charge in [0.25, 0.3) is 0 Å². The molecule has 1 unspecified atom stereocenters. The van der Waals surface area contributed by atoms with Gasteiger partial charge in [-0.1, -0.05) is 0 Å². The molecule has 0 aromatic carbocycles. The molecule has 1 aromatic heterocycles. The second kappa shape index (κ2) is 3.59. The van der Waals surface area contributed by atoms with E-state index in [1.54, 1.807) is 18.8 Å². The van der Waals surface area contributed by atoms with Gasteiger partial charge in [-0.2, -0.15) is 0 Å². The molecule has 3 nitrogen and oxygen atoms in total. The molecule has 1 aromatic rings. The van der Waals surface area contributed by atoms with E-state index in [1.807, 2.05) is 6.92 Å². The molecule has 0 aliphatic carbocycles. The number of carbonyl (C=O) groups is 1. The Balaban J connectivity index is 2.70. The summed E-state index contributed by atoms with van der Waals surface area (Å²) in [6.45, 7) is 1.84. The van der Waals surface area contributed by atoms with Crippen molar-refractivity contribution in [3.05, 3.63) is 16.6 Å². The highest BCUT2D eigenvalue weighted by Crippen LogP contribution is 2.08. The van der Waals surface area contributed by atoms with Crippen LogP contribution in [0.1, 0.15) is 16.6 Å². The number of hydrogen-bond donors (Lipinski definition) is 1. The smallest absolute Gasteiger partial charge is 0.190 e. The van der Waals surface area contributed by atoms with Gasteiger partial charge in [0.15, 0.2) is 5.78 Å². The summed E-state index contributed by atoms with van der Waals surface area (Å²) < 4.78 is 0.